The van der Waals surface area contributed by atoms with Gasteiger partial charge in [0.05, 0.1) is 5.56 Å². The molecule has 1 aliphatic rings. The van der Waals surface area contributed by atoms with Gasteiger partial charge in [-0.15, -0.1) is 0 Å². The molecule has 2 aromatic rings. The number of nitrogens with zero attached hydrogens (tertiary/aromatic N) is 1. The number of carbonyl (C=O) groups is 1. The van der Waals surface area contributed by atoms with Gasteiger partial charge in [0.15, 0.2) is 0 Å². The maximum Gasteiger partial charge on any atom is 0.416 e. The Morgan fingerprint density at radius 1 is 1.21 bits per heavy atom. The zero-order valence-electron chi connectivity index (χ0n) is 12.8. The summed E-state index contributed by atoms with van der Waals surface area (Å²) < 4.78 is 38.1. The molecular formula is C17H17F3N2OS. The third kappa shape index (κ3) is 3.90. The number of halogens is 3. The quantitative estimate of drug-likeness (QED) is 0.792. The molecule has 0 atom stereocenters. The number of amides is 2. The van der Waals surface area contributed by atoms with E-state index in [9.17, 15) is 18.0 Å². The summed E-state index contributed by atoms with van der Waals surface area (Å²) >= 11 is 1.66. The minimum Gasteiger partial charge on any atom is -0.324 e. The van der Waals surface area contributed by atoms with Crippen LogP contribution in [0.5, 0.6) is 0 Å². The number of anilines is 1. The molecule has 7 heteroatoms. The normalized spacial score (nSPS) is 16.2. The number of nitrogens with one attached hydrogen (secondary N) is 1. The summed E-state index contributed by atoms with van der Waals surface area (Å²) in [5.74, 6) is 0.453. The van der Waals surface area contributed by atoms with Crippen molar-refractivity contribution in [2.24, 2.45) is 0 Å². The van der Waals surface area contributed by atoms with Gasteiger partial charge in [0.2, 0.25) is 0 Å². The van der Waals surface area contributed by atoms with Crippen LogP contribution in [0.3, 0.4) is 0 Å². The Morgan fingerprint density at radius 2 is 1.96 bits per heavy atom. The fourth-order valence-electron chi connectivity index (χ4n) is 2.90. The number of alkyl halides is 3. The molecular weight excluding hydrogens is 337 g/mol. The van der Waals surface area contributed by atoms with Gasteiger partial charge in [-0.3, -0.25) is 0 Å². The summed E-state index contributed by atoms with van der Waals surface area (Å²) in [6.07, 6.45) is -2.68. The molecule has 0 aliphatic carbocycles. The number of piperidine rings is 1. The summed E-state index contributed by atoms with van der Waals surface area (Å²) in [4.78, 5) is 13.9. The molecule has 1 saturated heterocycles. The van der Waals surface area contributed by atoms with Gasteiger partial charge in [-0.25, -0.2) is 4.79 Å². The van der Waals surface area contributed by atoms with Crippen molar-refractivity contribution in [2.45, 2.75) is 24.9 Å². The van der Waals surface area contributed by atoms with Crippen LogP contribution in [0.15, 0.2) is 41.1 Å². The fourth-order valence-corrected chi connectivity index (χ4v) is 3.64. The van der Waals surface area contributed by atoms with Crippen LogP contribution < -0.4 is 5.32 Å². The maximum absolute atomic E-state index is 12.7. The Balaban J connectivity index is 1.58. The Morgan fingerprint density at radius 3 is 2.58 bits per heavy atom. The molecule has 1 aromatic heterocycles. The van der Waals surface area contributed by atoms with Crippen LogP contribution in [0, 0.1) is 0 Å². The molecule has 0 radical (unpaired) electrons. The third-order valence-electron chi connectivity index (χ3n) is 4.24. The molecule has 2 amide bonds. The van der Waals surface area contributed by atoms with Gasteiger partial charge in [-0.2, -0.15) is 24.5 Å². The van der Waals surface area contributed by atoms with E-state index in [4.69, 9.17) is 0 Å². The highest BCUT2D eigenvalue weighted by Crippen LogP contribution is 2.31. The number of hydrogen-bond acceptors (Lipinski definition) is 2. The smallest absolute Gasteiger partial charge is 0.324 e. The van der Waals surface area contributed by atoms with E-state index in [1.807, 2.05) is 5.38 Å². The van der Waals surface area contributed by atoms with Crippen LogP contribution in [-0.4, -0.2) is 24.0 Å². The van der Waals surface area contributed by atoms with Gasteiger partial charge in [-0.05, 0) is 59.3 Å². The number of rotatable bonds is 2. The SMILES string of the molecule is O=C(Nc1cccc(C(F)(F)F)c1)N1CCC(c2ccsc2)CC1. The number of thiophene rings is 1. The van der Waals surface area contributed by atoms with Crippen molar-refractivity contribution >= 4 is 23.1 Å². The highest BCUT2D eigenvalue weighted by Gasteiger charge is 2.31. The molecule has 128 valence electrons. The predicted octanol–water partition coefficient (Wildman–Crippen LogP) is 5.18. The molecule has 0 unspecified atom stereocenters. The molecule has 1 aliphatic heterocycles. The zero-order chi connectivity index (χ0) is 17.2. The molecule has 3 nitrogen and oxygen atoms in total. The summed E-state index contributed by atoms with van der Waals surface area (Å²) in [5, 5.41) is 6.73. The molecule has 0 bridgehead atoms. The Kier molecular flexibility index (Phi) is 4.80. The van der Waals surface area contributed by atoms with Crippen LogP contribution in [-0.2, 0) is 6.18 Å². The standard InChI is InChI=1S/C17H17F3N2OS/c18-17(19,20)14-2-1-3-15(10-14)21-16(23)22-7-4-12(5-8-22)13-6-9-24-11-13/h1-3,6,9-12H,4-5,7-8H2,(H,21,23). The predicted molar refractivity (Wildman–Crippen MR) is 88.3 cm³/mol. The van der Waals surface area contributed by atoms with E-state index < -0.39 is 11.7 Å². The van der Waals surface area contributed by atoms with E-state index in [1.165, 1.54) is 17.7 Å². The second kappa shape index (κ2) is 6.84. The van der Waals surface area contributed by atoms with Gasteiger partial charge in [0, 0.05) is 18.8 Å². The fraction of sp³-hybridized carbons (Fsp3) is 0.353. The largest absolute Gasteiger partial charge is 0.416 e. The Hall–Kier alpha value is -2.02. The molecule has 1 aromatic carbocycles. The lowest BCUT2D eigenvalue weighted by Crippen LogP contribution is -2.40. The van der Waals surface area contributed by atoms with Crippen LogP contribution in [0.25, 0.3) is 0 Å². The summed E-state index contributed by atoms with van der Waals surface area (Å²) in [5.41, 5.74) is 0.698. The lowest BCUT2D eigenvalue weighted by atomic mass is 9.91. The molecule has 1 fully saturated rings. The second-order valence-electron chi connectivity index (χ2n) is 5.83. The van der Waals surface area contributed by atoms with E-state index in [1.54, 1.807) is 16.2 Å². The topological polar surface area (TPSA) is 32.3 Å². The monoisotopic (exact) mass is 354 g/mol. The van der Waals surface area contributed by atoms with Crippen molar-refractivity contribution in [3.8, 4) is 0 Å². The molecule has 0 saturated carbocycles. The van der Waals surface area contributed by atoms with Gasteiger partial charge in [0.1, 0.15) is 0 Å². The number of urea groups is 1. The van der Waals surface area contributed by atoms with Gasteiger partial charge >= 0.3 is 12.2 Å². The van der Waals surface area contributed by atoms with Crippen molar-refractivity contribution < 1.29 is 18.0 Å². The number of carbonyl (C=O) groups excluding carboxylic acids is 1. The van der Waals surface area contributed by atoms with Crippen LogP contribution in [0.1, 0.15) is 29.9 Å². The van der Waals surface area contributed by atoms with Crippen molar-refractivity contribution in [1.29, 1.82) is 0 Å². The lowest BCUT2D eigenvalue weighted by molar-refractivity contribution is -0.137. The van der Waals surface area contributed by atoms with Crippen molar-refractivity contribution in [3.63, 3.8) is 0 Å². The number of likely N-dealkylation sites (tertiary alicyclic amines) is 1. The maximum atomic E-state index is 12.7. The first kappa shape index (κ1) is 16.8. The van der Waals surface area contributed by atoms with E-state index in [0.29, 0.717) is 19.0 Å². The molecule has 2 heterocycles. The average molecular weight is 354 g/mol. The number of benzene rings is 1. The van der Waals surface area contributed by atoms with E-state index in [2.05, 4.69) is 16.8 Å². The van der Waals surface area contributed by atoms with Crippen molar-refractivity contribution in [2.75, 3.05) is 18.4 Å². The van der Waals surface area contributed by atoms with Crippen molar-refractivity contribution in [1.82, 2.24) is 4.90 Å². The molecule has 24 heavy (non-hydrogen) atoms. The minimum atomic E-state index is -4.42. The van der Waals surface area contributed by atoms with Gasteiger partial charge < -0.3 is 10.2 Å². The lowest BCUT2D eigenvalue weighted by Gasteiger charge is -2.31. The molecule has 1 N–H and O–H groups in total. The summed E-state index contributed by atoms with van der Waals surface area (Å²) in [6.45, 7) is 1.20. The average Bonchev–Trinajstić information content (AvgIpc) is 3.09. The highest BCUT2D eigenvalue weighted by atomic mass is 32.1. The van der Waals surface area contributed by atoms with Crippen LogP contribution >= 0.6 is 11.3 Å². The molecule has 3 rings (SSSR count). The summed E-state index contributed by atoms with van der Waals surface area (Å²) in [7, 11) is 0. The third-order valence-corrected chi connectivity index (χ3v) is 4.94. The second-order valence-corrected chi connectivity index (χ2v) is 6.61. The first-order valence-electron chi connectivity index (χ1n) is 7.69. The van der Waals surface area contributed by atoms with E-state index in [0.717, 1.165) is 25.0 Å². The van der Waals surface area contributed by atoms with Crippen LogP contribution in [0.4, 0.5) is 23.7 Å². The Labute approximate surface area is 142 Å². The van der Waals surface area contributed by atoms with E-state index >= 15 is 0 Å². The van der Waals surface area contributed by atoms with Crippen molar-refractivity contribution in [3.05, 3.63) is 52.2 Å². The van der Waals surface area contributed by atoms with Gasteiger partial charge in [0.25, 0.3) is 0 Å². The highest BCUT2D eigenvalue weighted by molar-refractivity contribution is 7.07. The molecule has 0 spiro atoms. The van der Waals surface area contributed by atoms with E-state index in [-0.39, 0.29) is 11.7 Å². The first-order valence-corrected chi connectivity index (χ1v) is 8.63. The summed E-state index contributed by atoms with van der Waals surface area (Å²) in [6, 6.07) is 6.45. The number of hydrogen-bond donors (Lipinski definition) is 1. The van der Waals surface area contributed by atoms with Crippen LogP contribution in [0.2, 0.25) is 0 Å². The first-order chi connectivity index (χ1) is 11.4. The minimum absolute atomic E-state index is 0.162. The Bertz CT molecular complexity index is 692. The zero-order valence-corrected chi connectivity index (χ0v) is 13.7. The van der Waals surface area contributed by atoms with Gasteiger partial charge in [-0.1, -0.05) is 6.07 Å².